The van der Waals surface area contributed by atoms with Crippen LogP contribution in [0.4, 0.5) is 13.2 Å². The van der Waals surface area contributed by atoms with Gasteiger partial charge >= 0.3 is 6.18 Å². The smallest absolute Gasteiger partial charge is 0.298 e. The molecule has 1 aromatic heterocycles. The summed E-state index contributed by atoms with van der Waals surface area (Å²) < 4.78 is 39.0. The van der Waals surface area contributed by atoms with Gasteiger partial charge in [-0.15, -0.1) is 0 Å². The second kappa shape index (κ2) is 4.84. The SMILES string of the molecule is Cc1ccc(-c2ccc(C=O)cc2C(F)(F)F)cn1. The Morgan fingerprint density at radius 3 is 2.42 bits per heavy atom. The molecule has 1 aromatic carbocycles. The molecule has 0 unspecified atom stereocenters. The normalized spacial score (nSPS) is 11.4. The Morgan fingerprint density at radius 1 is 1.16 bits per heavy atom. The first-order valence-electron chi connectivity index (χ1n) is 5.51. The summed E-state index contributed by atoms with van der Waals surface area (Å²) in [5.41, 5.74) is 0.279. The number of aromatic nitrogens is 1. The van der Waals surface area contributed by atoms with Gasteiger partial charge < -0.3 is 0 Å². The Bertz CT molecular complexity index is 603. The van der Waals surface area contributed by atoms with E-state index in [1.165, 1.54) is 18.3 Å². The highest BCUT2D eigenvalue weighted by atomic mass is 19.4. The van der Waals surface area contributed by atoms with Crippen LogP contribution < -0.4 is 0 Å². The standard InChI is InChI=1S/C14H10F3NO/c1-9-2-4-11(7-18-9)12-5-3-10(8-19)6-13(12)14(15,16)17/h2-8H,1H3. The van der Waals surface area contributed by atoms with E-state index in [1.807, 2.05) is 0 Å². The molecule has 5 heteroatoms. The van der Waals surface area contributed by atoms with Crippen molar-refractivity contribution in [1.82, 2.24) is 4.98 Å². The van der Waals surface area contributed by atoms with Crippen LogP contribution in [-0.2, 0) is 6.18 Å². The second-order valence-electron chi connectivity index (χ2n) is 4.11. The minimum Gasteiger partial charge on any atom is -0.298 e. The Kier molecular flexibility index (Phi) is 3.38. The summed E-state index contributed by atoms with van der Waals surface area (Å²) in [6.07, 6.45) is -2.73. The van der Waals surface area contributed by atoms with Crippen molar-refractivity contribution in [2.24, 2.45) is 0 Å². The molecule has 2 aromatic rings. The maximum Gasteiger partial charge on any atom is 0.417 e. The lowest BCUT2D eigenvalue weighted by Gasteiger charge is -2.13. The molecule has 0 amide bonds. The van der Waals surface area contributed by atoms with Gasteiger partial charge in [0.1, 0.15) is 6.29 Å². The summed E-state index contributed by atoms with van der Waals surface area (Å²) in [5.74, 6) is 0. The van der Waals surface area contributed by atoms with Crippen LogP contribution in [0.1, 0.15) is 21.6 Å². The highest BCUT2D eigenvalue weighted by Gasteiger charge is 2.34. The van der Waals surface area contributed by atoms with Crippen molar-refractivity contribution < 1.29 is 18.0 Å². The fraction of sp³-hybridized carbons (Fsp3) is 0.143. The zero-order valence-corrected chi connectivity index (χ0v) is 10.0. The molecule has 1 heterocycles. The Labute approximate surface area is 107 Å². The van der Waals surface area contributed by atoms with Gasteiger partial charge in [0, 0.05) is 23.0 Å². The summed E-state index contributed by atoms with van der Waals surface area (Å²) in [7, 11) is 0. The molecule has 0 saturated heterocycles. The van der Waals surface area contributed by atoms with Crippen molar-refractivity contribution in [3.63, 3.8) is 0 Å². The maximum absolute atomic E-state index is 13.0. The van der Waals surface area contributed by atoms with Crippen LogP contribution >= 0.6 is 0 Å². The number of benzene rings is 1. The molecule has 0 radical (unpaired) electrons. The van der Waals surface area contributed by atoms with Gasteiger partial charge in [0.15, 0.2) is 0 Å². The lowest BCUT2D eigenvalue weighted by Crippen LogP contribution is -2.08. The number of nitrogens with zero attached hydrogens (tertiary/aromatic N) is 1. The van der Waals surface area contributed by atoms with Gasteiger partial charge in [-0.25, -0.2) is 0 Å². The minimum absolute atomic E-state index is 0.00357. The van der Waals surface area contributed by atoms with Gasteiger partial charge in [-0.1, -0.05) is 18.2 Å². The first kappa shape index (κ1) is 13.3. The molecule has 98 valence electrons. The third-order valence-corrected chi connectivity index (χ3v) is 2.71. The van der Waals surface area contributed by atoms with Gasteiger partial charge in [0.25, 0.3) is 0 Å². The van der Waals surface area contributed by atoms with E-state index in [4.69, 9.17) is 0 Å². The molecule has 0 aliphatic rings. The van der Waals surface area contributed by atoms with E-state index in [0.29, 0.717) is 11.8 Å². The molecule has 0 spiro atoms. The Balaban J connectivity index is 2.62. The van der Waals surface area contributed by atoms with Crippen LogP contribution in [0.15, 0.2) is 36.5 Å². The van der Waals surface area contributed by atoms with Gasteiger partial charge in [-0.3, -0.25) is 9.78 Å². The average molecular weight is 265 g/mol. The van der Waals surface area contributed by atoms with Gasteiger partial charge in [0.05, 0.1) is 5.56 Å². The number of aryl methyl sites for hydroxylation is 1. The molecule has 0 fully saturated rings. The quantitative estimate of drug-likeness (QED) is 0.771. The van der Waals surface area contributed by atoms with Crippen LogP contribution in [0.25, 0.3) is 11.1 Å². The lowest BCUT2D eigenvalue weighted by atomic mass is 9.98. The average Bonchev–Trinajstić information content (AvgIpc) is 2.38. The fourth-order valence-electron chi connectivity index (χ4n) is 1.75. The number of halogens is 3. The molecule has 0 N–H and O–H groups in total. The number of pyridine rings is 1. The number of hydrogen-bond donors (Lipinski definition) is 0. The molecule has 2 rings (SSSR count). The molecular formula is C14H10F3NO. The topological polar surface area (TPSA) is 30.0 Å². The number of alkyl halides is 3. The molecule has 0 saturated carbocycles. The van der Waals surface area contributed by atoms with E-state index < -0.39 is 11.7 Å². The molecule has 0 aliphatic heterocycles. The van der Waals surface area contributed by atoms with Crippen LogP contribution in [0, 0.1) is 6.92 Å². The van der Waals surface area contributed by atoms with Crippen molar-refractivity contribution in [3.05, 3.63) is 53.3 Å². The molecule has 0 bridgehead atoms. The number of rotatable bonds is 2. The molecule has 0 atom stereocenters. The summed E-state index contributed by atoms with van der Waals surface area (Å²) in [4.78, 5) is 14.6. The first-order chi connectivity index (χ1) is 8.91. The first-order valence-corrected chi connectivity index (χ1v) is 5.51. The largest absolute Gasteiger partial charge is 0.417 e. The van der Waals surface area contributed by atoms with E-state index >= 15 is 0 Å². The fourth-order valence-corrected chi connectivity index (χ4v) is 1.75. The highest BCUT2D eigenvalue weighted by Crippen LogP contribution is 2.37. The van der Waals surface area contributed by atoms with Crippen molar-refractivity contribution in [2.75, 3.05) is 0 Å². The van der Waals surface area contributed by atoms with Crippen LogP contribution in [0.3, 0.4) is 0 Å². The number of carbonyl (C=O) groups excluding carboxylic acids is 1. The van der Waals surface area contributed by atoms with Crippen LogP contribution in [0.2, 0.25) is 0 Å². The molecule has 0 aliphatic carbocycles. The predicted molar refractivity (Wildman–Crippen MR) is 64.8 cm³/mol. The predicted octanol–water partition coefficient (Wildman–Crippen LogP) is 3.89. The van der Waals surface area contributed by atoms with E-state index in [-0.39, 0.29) is 11.1 Å². The van der Waals surface area contributed by atoms with Crippen LogP contribution in [0.5, 0.6) is 0 Å². The Hall–Kier alpha value is -2.17. The Morgan fingerprint density at radius 2 is 1.89 bits per heavy atom. The molecular weight excluding hydrogens is 255 g/mol. The van der Waals surface area contributed by atoms with E-state index in [9.17, 15) is 18.0 Å². The maximum atomic E-state index is 13.0. The molecule has 2 nitrogen and oxygen atoms in total. The summed E-state index contributed by atoms with van der Waals surface area (Å²) >= 11 is 0. The zero-order chi connectivity index (χ0) is 14.0. The summed E-state index contributed by atoms with van der Waals surface area (Å²) in [6, 6.07) is 6.72. The second-order valence-corrected chi connectivity index (χ2v) is 4.11. The summed E-state index contributed by atoms with van der Waals surface area (Å²) in [6.45, 7) is 1.75. The van der Waals surface area contributed by atoms with E-state index in [0.717, 1.165) is 11.8 Å². The van der Waals surface area contributed by atoms with Gasteiger partial charge in [0.2, 0.25) is 0 Å². The monoisotopic (exact) mass is 265 g/mol. The van der Waals surface area contributed by atoms with E-state index in [1.54, 1.807) is 19.1 Å². The number of carbonyl (C=O) groups is 1. The molecule has 19 heavy (non-hydrogen) atoms. The third kappa shape index (κ3) is 2.81. The van der Waals surface area contributed by atoms with Crippen molar-refractivity contribution in [2.45, 2.75) is 13.1 Å². The third-order valence-electron chi connectivity index (χ3n) is 2.71. The number of aldehydes is 1. The van der Waals surface area contributed by atoms with Gasteiger partial charge in [-0.2, -0.15) is 13.2 Å². The highest BCUT2D eigenvalue weighted by molar-refractivity contribution is 5.78. The number of hydrogen-bond acceptors (Lipinski definition) is 2. The summed E-state index contributed by atoms with van der Waals surface area (Å²) in [5, 5.41) is 0. The van der Waals surface area contributed by atoms with Crippen molar-refractivity contribution >= 4 is 6.29 Å². The lowest BCUT2D eigenvalue weighted by molar-refractivity contribution is -0.137. The van der Waals surface area contributed by atoms with E-state index in [2.05, 4.69) is 4.98 Å². The van der Waals surface area contributed by atoms with Crippen molar-refractivity contribution in [3.8, 4) is 11.1 Å². The van der Waals surface area contributed by atoms with Gasteiger partial charge in [-0.05, 0) is 24.6 Å². The minimum atomic E-state index is -4.51. The van der Waals surface area contributed by atoms with Crippen LogP contribution in [-0.4, -0.2) is 11.3 Å². The van der Waals surface area contributed by atoms with Crippen molar-refractivity contribution in [1.29, 1.82) is 0 Å². The zero-order valence-electron chi connectivity index (χ0n) is 10.0.